The van der Waals surface area contributed by atoms with Crippen molar-refractivity contribution >= 4 is 47.7 Å². The lowest BCUT2D eigenvalue weighted by atomic mass is 9.98. The third kappa shape index (κ3) is 8.70. The highest BCUT2D eigenvalue weighted by Gasteiger charge is 2.30. The zero-order valence-corrected chi connectivity index (χ0v) is 30.6. The minimum atomic E-state index is -3.99. The molecule has 0 spiro atoms. The van der Waals surface area contributed by atoms with Gasteiger partial charge in [0.05, 0.1) is 18.0 Å². The smallest absolute Gasteiger partial charge is 0.407 e. The van der Waals surface area contributed by atoms with Crippen LogP contribution in [0.25, 0.3) is 11.1 Å². The lowest BCUT2D eigenvalue weighted by molar-refractivity contribution is 0.140. The van der Waals surface area contributed by atoms with Gasteiger partial charge in [-0.1, -0.05) is 48.5 Å². The van der Waals surface area contributed by atoms with Crippen molar-refractivity contribution in [3.63, 3.8) is 0 Å². The zero-order chi connectivity index (χ0) is 34.5. The first-order chi connectivity index (χ1) is 22.1. The molecule has 1 atom stereocenters. The molecule has 252 valence electrons. The predicted octanol–water partition coefficient (Wildman–Crippen LogP) is 6.08. The molecule has 0 bridgehead atoms. The maximum Gasteiger partial charge on any atom is 0.407 e. The average molecular weight is 697 g/mol. The summed E-state index contributed by atoms with van der Waals surface area (Å²) in [6.45, 7) is 11.6. The maximum absolute atomic E-state index is 13.2. The number of guanidine groups is 1. The molecular weight excluding hydrogens is 653 g/mol. The molecule has 1 unspecified atom stereocenters. The molecule has 0 heterocycles. The third-order valence-corrected chi connectivity index (χ3v) is 11.0. The number of alkyl carbamates (subject to hydrolysis) is 1. The molecule has 0 aliphatic heterocycles. The van der Waals surface area contributed by atoms with Gasteiger partial charge in [-0.05, 0) is 110 Å². The second kappa shape index (κ2) is 14.9. The van der Waals surface area contributed by atoms with Crippen LogP contribution in [0.1, 0.15) is 46.6 Å². The molecule has 3 aromatic carbocycles. The Bertz CT molecular complexity index is 1740. The summed E-state index contributed by atoms with van der Waals surface area (Å²) in [5.74, 6) is 0.296. The number of amides is 1. The number of nitrogens with zero attached hydrogens (tertiary/aromatic N) is 1. The Kier molecular flexibility index (Phi) is 11.4. The van der Waals surface area contributed by atoms with E-state index in [1.165, 1.54) is 0 Å². The topological polar surface area (TPSA) is 141 Å². The monoisotopic (exact) mass is 696 g/mol. The van der Waals surface area contributed by atoms with E-state index in [4.69, 9.17) is 31.9 Å². The summed E-state index contributed by atoms with van der Waals surface area (Å²) in [7, 11) is -4.51. The second-order valence-corrected chi connectivity index (χ2v) is 19.0. The number of carbonyl (C=O) groups excluding carboxylic acids is 1. The minimum Gasteiger partial charge on any atom is -0.538 e. The molecule has 1 aliphatic rings. The quantitative estimate of drug-likeness (QED) is 0.0681. The fourth-order valence-electron chi connectivity index (χ4n) is 5.77. The van der Waals surface area contributed by atoms with Gasteiger partial charge < -0.3 is 25.0 Å². The van der Waals surface area contributed by atoms with Gasteiger partial charge in [0.15, 0.2) is 5.05 Å². The highest BCUT2D eigenvalue weighted by molar-refractivity contribution is 7.90. The van der Waals surface area contributed by atoms with Crippen molar-refractivity contribution in [1.29, 1.82) is 0 Å². The number of rotatable bonds is 12. The zero-order valence-electron chi connectivity index (χ0n) is 28.0. The highest BCUT2D eigenvalue weighted by Crippen LogP contribution is 2.44. The van der Waals surface area contributed by atoms with E-state index in [1.54, 1.807) is 33.9 Å². The predicted molar refractivity (Wildman–Crippen MR) is 192 cm³/mol. The van der Waals surface area contributed by atoms with Crippen LogP contribution in [0.15, 0.2) is 64.5 Å². The molecule has 3 aromatic rings. The SMILES string of the molecule is COc1cc(C)c(S(=O)(=O)NC(N)=NCCCC(NC(=O)OCC2c3ccccc3-c3ccccc32)C(=S)O[Si](C)(C)C)c(C)c1C. The maximum atomic E-state index is 13.2. The van der Waals surface area contributed by atoms with Crippen LogP contribution in [0.2, 0.25) is 19.6 Å². The summed E-state index contributed by atoms with van der Waals surface area (Å²) in [5.41, 5.74) is 12.4. The molecule has 0 fully saturated rings. The molecule has 0 saturated carbocycles. The first-order valence-corrected chi connectivity index (χ1v) is 20.7. The van der Waals surface area contributed by atoms with E-state index in [9.17, 15) is 13.2 Å². The van der Waals surface area contributed by atoms with Gasteiger partial charge in [0, 0.05) is 12.5 Å². The number of hydrogen-bond donors (Lipinski definition) is 3. The lowest BCUT2D eigenvalue weighted by Gasteiger charge is -2.26. The number of aryl methyl sites for hydroxylation is 1. The second-order valence-electron chi connectivity index (χ2n) is 12.5. The van der Waals surface area contributed by atoms with Gasteiger partial charge in [-0.15, -0.1) is 0 Å². The fourth-order valence-corrected chi connectivity index (χ4v) is 8.92. The van der Waals surface area contributed by atoms with Crippen molar-refractivity contribution in [3.8, 4) is 16.9 Å². The third-order valence-electron chi connectivity index (χ3n) is 7.97. The van der Waals surface area contributed by atoms with Crippen LogP contribution in [0, 0.1) is 20.8 Å². The normalized spacial score (nSPS) is 13.7. The number of sulfonamides is 1. The Morgan fingerprint density at radius 1 is 1.02 bits per heavy atom. The Morgan fingerprint density at radius 2 is 1.62 bits per heavy atom. The molecular formula is C34H44N4O6S2Si. The number of nitrogens with one attached hydrogen (secondary N) is 2. The highest BCUT2D eigenvalue weighted by atomic mass is 32.2. The first kappa shape index (κ1) is 35.9. The summed E-state index contributed by atoms with van der Waals surface area (Å²) in [6, 6.07) is 17.3. The van der Waals surface area contributed by atoms with Crippen molar-refractivity contribution in [2.24, 2.45) is 10.7 Å². The van der Waals surface area contributed by atoms with E-state index in [0.29, 0.717) is 29.7 Å². The Morgan fingerprint density at radius 3 is 2.19 bits per heavy atom. The summed E-state index contributed by atoms with van der Waals surface area (Å²) >= 11 is 5.60. The van der Waals surface area contributed by atoms with E-state index < -0.39 is 30.5 Å². The molecule has 0 saturated heterocycles. The largest absolute Gasteiger partial charge is 0.538 e. The number of methoxy groups -OCH3 is 1. The van der Waals surface area contributed by atoms with Crippen LogP contribution in [-0.4, -0.2) is 60.1 Å². The van der Waals surface area contributed by atoms with Crippen LogP contribution in [0.4, 0.5) is 4.79 Å². The molecule has 47 heavy (non-hydrogen) atoms. The van der Waals surface area contributed by atoms with Gasteiger partial charge in [-0.25, -0.2) is 17.9 Å². The van der Waals surface area contributed by atoms with E-state index in [1.807, 2.05) is 43.9 Å². The van der Waals surface area contributed by atoms with Gasteiger partial charge in [-0.3, -0.25) is 4.99 Å². The van der Waals surface area contributed by atoms with Crippen LogP contribution < -0.4 is 20.5 Å². The van der Waals surface area contributed by atoms with E-state index in [0.717, 1.165) is 27.8 Å². The summed E-state index contributed by atoms with van der Waals surface area (Å²) < 4.78 is 46.0. The average Bonchev–Trinajstić information content (AvgIpc) is 3.31. The van der Waals surface area contributed by atoms with Crippen LogP contribution in [0.3, 0.4) is 0 Å². The van der Waals surface area contributed by atoms with E-state index in [-0.39, 0.29) is 35.0 Å². The number of nitrogens with two attached hydrogens (primary N) is 1. The van der Waals surface area contributed by atoms with Crippen molar-refractivity contribution < 1.29 is 27.1 Å². The number of carbonyl (C=O) groups is 1. The molecule has 4 rings (SSSR count). The number of fused-ring (bicyclic) bond motifs is 3. The number of thiocarbonyl (C=S) groups is 1. The van der Waals surface area contributed by atoms with Gasteiger partial charge in [-0.2, -0.15) is 0 Å². The first-order valence-electron chi connectivity index (χ1n) is 15.4. The summed E-state index contributed by atoms with van der Waals surface area (Å²) in [6.07, 6.45) is 0.216. The van der Waals surface area contributed by atoms with Crippen LogP contribution in [-0.2, 0) is 19.2 Å². The number of ether oxygens (including phenoxy) is 2. The van der Waals surface area contributed by atoms with Crippen LogP contribution >= 0.6 is 12.2 Å². The molecule has 1 aliphatic carbocycles. The van der Waals surface area contributed by atoms with Crippen molar-refractivity contribution in [3.05, 3.63) is 82.4 Å². The van der Waals surface area contributed by atoms with Gasteiger partial charge in [0.2, 0.25) is 14.3 Å². The van der Waals surface area contributed by atoms with Crippen molar-refractivity contribution in [1.82, 2.24) is 10.0 Å². The fraction of sp³-hybridized carbons (Fsp3) is 0.382. The molecule has 0 radical (unpaired) electrons. The molecule has 4 N–H and O–H groups in total. The van der Waals surface area contributed by atoms with Crippen molar-refractivity contribution in [2.75, 3.05) is 20.3 Å². The lowest BCUT2D eigenvalue weighted by Crippen LogP contribution is -2.45. The molecule has 13 heteroatoms. The standard InChI is InChI=1S/C34H44N4O6S2Si/c1-21-19-30(42-4)22(2)23(3)31(21)46(40,41)38-33(35)36-18-12-17-29(32(45)44-47(5,6)7)37-34(39)43-20-28-26-15-10-8-13-24(26)25-14-9-11-16-27(25)28/h8-11,13-16,19,28-29H,12,17-18,20H2,1-7H3,(H,37,39)(H3,35,36,38). The number of benzene rings is 3. The van der Waals surface area contributed by atoms with E-state index >= 15 is 0 Å². The molecule has 10 nitrogen and oxygen atoms in total. The molecule has 1 amide bonds. The van der Waals surface area contributed by atoms with Crippen LogP contribution in [0.5, 0.6) is 5.75 Å². The van der Waals surface area contributed by atoms with Crippen molar-refractivity contribution in [2.45, 2.75) is 70.1 Å². The summed E-state index contributed by atoms with van der Waals surface area (Å²) in [4.78, 5) is 17.4. The Balaban J connectivity index is 1.38. The number of hydrogen-bond acceptors (Lipinski definition) is 8. The minimum absolute atomic E-state index is 0.0766. The molecule has 0 aromatic heterocycles. The van der Waals surface area contributed by atoms with Gasteiger partial charge in [0.1, 0.15) is 12.4 Å². The summed E-state index contributed by atoms with van der Waals surface area (Å²) in [5, 5.41) is 3.15. The van der Waals surface area contributed by atoms with Gasteiger partial charge in [0.25, 0.3) is 10.0 Å². The van der Waals surface area contributed by atoms with E-state index in [2.05, 4.69) is 39.3 Å². The Hall–Kier alpha value is -3.94. The Labute approximate surface area is 284 Å². The number of aliphatic imine (C=N–C) groups is 1. The van der Waals surface area contributed by atoms with Gasteiger partial charge >= 0.3 is 6.09 Å².